The minimum atomic E-state index is -4.47. The lowest BCUT2D eigenvalue weighted by Crippen LogP contribution is -2.19. The van der Waals surface area contributed by atoms with Crippen molar-refractivity contribution in [3.05, 3.63) is 29.3 Å². The van der Waals surface area contributed by atoms with Gasteiger partial charge in [-0.25, -0.2) is 0 Å². The molecule has 3 N–H and O–H groups in total. The maximum Gasteiger partial charge on any atom is 0.416 e. The fraction of sp³-hybridized carbons (Fsp3) is 0.500. The Morgan fingerprint density at radius 1 is 1.24 bits per heavy atom. The van der Waals surface area contributed by atoms with E-state index in [0.717, 1.165) is 12.1 Å². The molecule has 118 valence electrons. The molecule has 21 heavy (non-hydrogen) atoms. The normalized spacial score (nSPS) is 12.3. The lowest BCUT2D eigenvalue weighted by Gasteiger charge is -2.17. The van der Waals surface area contributed by atoms with Crippen LogP contribution in [0.5, 0.6) is 0 Å². The largest absolute Gasteiger partial charge is 0.416 e. The lowest BCUT2D eigenvalue weighted by molar-refractivity contribution is -0.137. The van der Waals surface area contributed by atoms with Crippen LogP contribution in [0.15, 0.2) is 18.2 Å². The average molecular weight is 320 g/mol. The SMILES string of the molecule is CC(C)(C)SCC(=O)Nc1cc(CN)cc(C(F)(F)F)c1. The van der Waals surface area contributed by atoms with Crippen LogP contribution < -0.4 is 11.1 Å². The predicted octanol–water partition coefficient (Wildman–Crippen LogP) is 3.63. The summed E-state index contributed by atoms with van der Waals surface area (Å²) in [4.78, 5) is 11.8. The summed E-state index contributed by atoms with van der Waals surface area (Å²) in [5, 5.41) is 2.49. The van der Waals surface area contributed by atoms with Crippen LogP contribution in [-0.4, -0.2) is 16.4 Å². The molecule has 0 heterocycles. The van der Waals surface area contributed by atoms with Crippen molar-refractivity contribution in [2.24, 2.45) is 5.73 Å². The molecular weight excluding hydrogens is 301 g/mol. The first-order chi connectivity index (χ1) is 9.51. The smallest absolute Gasteiger partial charge is 0.326 e. The molecule has 0 unspecified atom stereocenters. The molecule has 0 saturated carbocycles. The van der Waals surface area contributed by atoms with Crippen LogP contribution in [0.2, 0.25) is 0 Å². The van der Waals surface area contributed by atoms with E-state index in [0.29, 0.717) is 5.56 Å². The zero-order chi connectivity index (χ0) is 16.3. The molecule has 0 bridgehead atoms. The van der Waals surface area contributed by atoms with Crippen LogP contribution >= 0.6 is 11.8 Å². The van der Waals surface area contributed by atoms with Gasteiger partial charge in [-0.3, -0.25) is 4.79 Å². The minimum absolute atomic E-state index is 0.0243. The second-order valence-corrected chi connectivity index (χ2v) is 7.37. The summed E-state index contributed by atoms with van der Waals surface area (Å²) in [5.41, 5.74) is 5.02. The molecular formula is C14H19F3N2OS. The van der Waals surface area contributed by atoms with Gasteiger partial charge >= 0.3 is 6.18 Å². The van der Waals surface area contributed by atoms with Gasteiger partial charge < -0.3 is 11.1 Å². The fourth-order valence-electron chi connectivity index (χ4n) is 1.52. The van der Waals surface area contributed by atoms with Crippen molar-refractivity contribution in [2.45, 2.75) is 38.2 Å². The summed E-state index contributed by atoms with van der Waals surface area (Å²) >= 11 is 1.42. The summed E-state index contributed by atoms with van der Waals surface area (Å²) in [6.45, 7) is 5.86. The first kappa shape index (κ1) is 17.8. The number of amides is 1. The van der Waals surface area contributed by atoms with E-state index in [4.69, 9.17) is 5.73 Å². The van der Waals surface area contributed by atoms with Gasteiger partial charge in [0.1, 0.15) is 0 Å². The molecule has 3 nitrogen and oxygen atoms in total. The maximum absolute atomic E-state index is 12.8. The molecule has 0 aromatic heterocycles. The number of hydrogen-bond acceptors (Lipinski definition) is 3. The number of carbonyl (C=O) groups excluding carboxylic acids is 1. The Labute approximate surface area is 126 Å². The Hall–Kier alpha value is -1.21. The summed E-state index contributed by atoms with van der Waals surface area (Å²) in [7, 11) is 0. The van der Waals surface area contributed by atoms with E-state index in [1.165, 1.54) is 17.8 Å². The second-order valence-electron chi connectivity index (χ2n) is 5.57. The summed E-state index contributed by atoms with van der Waals surface area (Å²) < 4.78 is 38.2. The van der Waals surface area contributed by atoms with Gasteiger partial charge in [0.05, 0.1) is 11.3 Å². The van der Waals surface area contributed by atoms with Crippen LogP contribution in [0.25, 0.3) is 0 Å². The fourth-order valence-corrected chi connectivity index (χ4v) is 2.16. The van der Waals surface area contributed by atoms with E-state index in [2.05, 4.69) is 5.32 Å². The van der Waals surface area contributed by atoms with Gasteiger partial charge in [0.25, 0.3) is 0 Å². The molecule has 1 amide bonds. The predicted molar refractivity (Wildman–Crippen MR) is 80.2 cm³/mol. The van der Waals surface area contributed by atoms with Crippen LogP contribution in [0.3, 0.4) is 0 Å². The van der Waals surface area contributed by atoms with Crippen LogP contribution in [0.1, 0.15) is 31.9 Å². The number of nitrogens with one attached hydrogen (secondary N) is 1. The molecule has 0 radical (unpaired) electrons. The third-order valence-electron chi connectivity index (χ3n) is 2.48. The van der Waals surface area contributed by atoms with Crippen molar-refractivity contribution < 1.29 is 18.0 Å². The summed E-state index contributed by atoms with van der Waals surface area (Å²) in [6.07, 6.45) is -4.47. The highest BCUT2D eigenvalue weighted by Crippen LogP contribution is 2.32. The number of halogens is 3. The molecule has 1 rings (SSSR count). The van der Waals surface area contributed by atoms with Gasteiger partial charge in [0.15, 0.2) is 0 Å². The standard InChI is InChI=1S/C14H19F3N2OS/c1-13(2,3)21-8-12(20)19-11-5-9(7-18)4-10(6-11)14(15,16)17/h4-6H,7-8,18H2,1-3H3,(H,19,20). The monoisotopic (exact) mass is 320 g/mol. The molecule has 1 aromatic carbocycles. The summed E-state index contributed by atoms with van der Waals surface area (Å²) in [6, 6.07) is 3.35. The van der Waals surface area contributed by atoms with E-state index < -0.39 is 11.7 Å². The van der Waals surface area contributed by atoms with Crippen molar-refractivity contribution in [1.82, 2.24) is 0 Å². The molecule has 0 atom stereocenters. The molecule has 0 spiro atoms. The van der Waals surface area contributed by atoms with Gasteiger partial charge in [-0.2, -0.15) is 13.2 Å². The number of benzene rings is 1. The first-order valence-corrected chi connectivity index (χ1v) is 7.35. The van der Waals surface area contributed by atoms with Crippen molar-refractivity contribution in [2.75, 3.05) is 11.1 Å². The third kappa shape index (κ3) is 6.39. The number of alkyl halides is 3. The van der Waals surface area contributed by atoms with Crippen LogP contribution in [0, 0.1) is 0 Å². The molecule has 0 fully saturated rings. The number of hydrogen-bond donors (Lipinski definition) is 2. The lowest BCUT2D eigenvalue weighted by atomic mass is 10.1. The third-order valence-corrected chi connectivity index (χ3v) is 3.75. The molecule has 0 aliphatic heterocycles. The molecule has 0 saturated heterocycles. The molecule has 1 aromatic rings. The maximum atomic E-state index is 12.8. The van der Waals surface area contributed by atoms with Crippen molar-refractivity contribution in [3.8, 4) is 0 Å². The summed E-state index contributed by atoms with van der Waals surface area (Å²) in [5.74, 6) is -0.158. The van der Waals surface area contributed by atoms with E-state index in [9.17, 15) is 18.0 Å². The van der Waals surface area contributed by atoms with E-state index in [1.807, 2.05) is 20.8 Å². The van der Waals surface area contributed by atoms with E-state index in [-0.39, 0.29) is 28.6 Å². The number of carbonyl (C=O) groups is 1. The highest BCUT2D eigenvalue weighted by atomic mass is 32.2. The van der Waals surface area contributed by atoms with Gasteiger partial charge in [-0.05, 0) is 23.8 Å². The second kappa shape index (κ2) is 6.70. The molecule has 0 aliphatic carbocycles. The van der Waals surface area contributed by atoms with E-state index in [1.54, 1.807) is 0 Å². The Balaban J connectivity index is 2.85. The Kier molecular flexibility index (Phi) is 5.69. The number of thioether (sulfide) groups is 1. The van der Waals surface area contributed by atoms with E-state index >= 15 is 0 Å². The number of nitrogens with two attached hydrogens (primary N) is 1. The molecule has 7 heteroatoms. The highest BCUT2D eigenvalue weighted by molar-refractivity contribution is 8.01. The number of rotatable bonds is 4. The van der Waals surface area contributed by atoms with Gasteiger partial charge in [-0.1, -0.05) is 20.8 Å². The zero-order valence-electron chi connectivity index (χ0n) is 12.2. The topological polar surface area (TPSA) is 55.1 Å². The quantitative estimate of drug-likeness (QED) is 0.890. The Morgan fingerprint density at radius 3 is 2.33 bits per heavy atom. The van der Waals surface area contributed by atoms with Gasteiger partial charge in [0, 0.05) is 17.0 Å². The van der Waals surface area contributed by atoms with Crippen molar-refractivity contribution in [1.29, 1.82) is 0 Å². The average Bonchev–Trinajstić information content (AvgIpc) is 2.34. The van der Waals surface area contributed by atoms with Crippen LogP contribution in [0.4, 0.5) is 18.9 Å². The van der Waals surface area contributed by atoms with Crippen molar-refractivity contribution in [3.63, 3.8) is 0 Å². The minimum Gasteiger partial charge on any atom is -0.326 e. The van der Waals surface area contributed by atoms with Crippen molar-refractivity contribution >= 4 is 23.4 Å². The molecule has 0 aliphatic rings. The zero-order valence-corrected chi connectivity index (χ0v) is 13.0. The van der Waals surface area contributed by atoms with Gasteiger partial charge in [-0.15, -0.1) is 11.8 Å². The first-order valence-electron chi connectivity index (χ1n) is 6.36. The Morgan fingerprint density at radius 2 is 1.86 bits per heavy atom. The Bertz CT molecular complexity index is 510. The van der Waals surface area contributed by atoms with Gasteiger partial charge in [0.2, 0.25) is 5.91 Å². The van der Waals surface area contributed by atoms with Crippen LogP contribution in [-0.2, 0) is 17.5 Å². The highest BCUT2D eigenvalue weighted by Gasteiger charge is 2.31. The number of anilines is 1.